The lowest BCUT2D eigenvalue weighted by atomic mass is 10.0. The minimum atomic E-state index is 0.239. The Hall–Kier alpha value is -0.610. The van der Waals surface area contributed by atoms with E-state index in [9.17, 15) is 4.79 Å². The third kappa shape index (κ3) is 3.46. The summed E-state index contributed by atoms with van der Waals surface area (Å²) in [5.41, 5.74) is 0. The quantitative estimate of drug-likeness (QED) is 0.711. The molecule has 2 fully saturated rings. The third-order valence-corrected chi connectivity index (χ3v) is 3.71. The molecule has 2 rings (SSSR count). The number of carbonyl (C=O) groups is 1. The second-order valence-corrected chi connectivity index (χ2v) is 5.28. The maximum absolute atomic E-state index is 11.7. The third-order valence-electron chi connectivity index (χ3n) is 3.71. The molecule has 0 spiro atoms. The van der Waals surface area contributed by atoms with Gasteiger partial charge in [-0.2, -0.15) is 0 Å². The van der Waals surface area contributed by atoms with Crippen LogP contribution in [0, 0.1) is 11.8 Å². The summed E-state index contributed by atoms with van der Waals surface area (Å²) in [5, 5.41) is 6.37. The largest absolute Gasteiger partial charge is 0.356 e. The number of likely N-dealkylation sites (tertiary alicyclic amines) is 1. The maximum Gasteiger partial charge on any atom is 0.220 e. The molecule has 2 unspecified atom stereocenters. The van der Waals surface area contributed by atoms with Crippen LogP contribution in [0.1, 0.15) is 19.3 Å². The van der Waals surface area contributed by atoms with Crippen molar-refractivity contribution >= 4 is 5.91 Å². The van der Waals surface area contributed by atoms with Crippen molar-refractivity contribution in [3.63, 3.8) is 0 Å². The molecular formula is C12H23N3O. The molecule has 2 atom stereocenters. The molecule has 92 valence electrons. The van der Waals surface area contributed by atoms with E-state index in [0.717, 1.165) is 32.6 Å². The second kappa shape index (κ2) is 5.64. The van der Waals surface area contributed by atoms with Crippen molar-refractivity contribution in [1.82, 2.24) is 15.5 Å². The van der Waals surface area contributed by atoms with Crippen molar-refractivity contribution in [2.45, 2.75) is 19.3 Å². The van der Waals surface area contributed by atoms with Gasteiger partial charge in [-0.05, 0) is 51.4 Å². The Morgan fingerprint density at radius 3 is 2.94 bits per heavy atom. The Balaban J connectivity index is 1.60. The molecule has 0 radical (unpaired) electrons. The van der Waals surface area contributed by atoms with Crippen molar-refractivity contribution in [3.05, 3.63) is 0 Å². The van der Waals surface area contributed by atoms with Gasteiger partial charge in [0, 0.05) is 19.5 Å². The molecule has 0 bridgehead atoms. The maximum atomic E-state index is 11.7. The van der Waals surface area contributed by atoms with Crippen LogP contribution in [0.15, 0.2) is 0 Å². The number of nitrogens with zero attached hydrogens (tertiary/aromatic N) is 1. The number of amides is 1. The summed E-state index contributed by atoms with van der Waals surface area (Å²) in [6.45, 7) is 5.26. The smallest absolute Gasteiger partial charge is 0.220 e. The normalized spacial score (nSPS) is 30.8. The summed E-state index contributed by atoms with van der Waals surface area (Å²) >= 11 is 0. The fourth-order valence-electron chi connectivity index (χ4n) is 2.67. The average molecular weight is 225 g/mol. The molecule has 0 aromatic carbocycles. The summed E-state index contributed by atoms with van der Waals surface area (Å²) in [6, 6.07) is 0. The van der Waals surface area contributed by atoms with E-state index < -0.39 is 0 Å². The van der Waals surface area contributed by atoms with Crippen LogP contribution in [-0.2, 0) is 4.79 Å². The van der Waals surface area contributed by atoms with Gasteiger partial charge in [-0.25, -0.2) is 0 Å². The molecular weight excluding hydrogens is 202 g/mol. The number of hydrogen-bond donors (Lipinski definition) is 2. The first-order valence-corrected chi connectivity index (χ1v) is 6.40. The minimum Gasteiger partial charge on any atom is -0.356 e. The molecule has 2 heterocycles. The number of carbonyl (C=O) groups excluding carboxylic acids is 1. The van der Waals surface area contributed by atoms with Crippen LogP contribution < -0.4 is 10.6 Å². The van der Waals surface area contributed by atoms with Gasteiger partial charge in [-0.3, -0.25) is 4.79 Å². The van der Waals surface area contributed by atoms with E-state index in [2.05, 4.69) is 22.6 Å². The zero-order valence-corrected chi connectivity index (χ0v) is 10.2. The highest BCUT2D eigenvalue weighted by molar-refractivity contribution is 5.76. The number of rotatable bonds is 4. The molecule has 0 aromatic rings. The van der Waals surface area contributed by atoms with E-state index in [4.69, 9.17) is 0 Å². The van der Waals surface area contributed by atoms with Crippen molar-refractivity contribution < 1.29 is 4.79 Å². The van der Waals surface area contributed by atoms with Gasteiger partial charge in [0.15, 0.2) is 0 Å². The van der Waals surface area contributed by atoms with Crippen LogP contribution >= 0.6 is 0 Å². The Labute approximate surface area is 97.8 Å². The fraction of sp³-hybridized carbons (Fsp3) is 0.917. The standard InChI is InChI=1S/C12H23N3O/c1-15-5-3-11(9-15)8-14-12(16)6-10-2-4-13-7-10/h10-11,13H,2-9H2,1H3,(H,14,16). The summed E-state index contributed by atoms with van der Waals surface area (Å²) in [7, 11) is 2.14. The number of nitrogens with one attached hydrogen (secondary N) is 2. The first kappa shape index (κ1) is 11.9. The van der Waals surface area contributed by atoms with Crippen molar-refractivity contribution in [2.75, 3.05) is 39.8 Å². The van der Waals surface area contributed by atoms with Gasteiger partial charge in [0.1, 0.15) is 0 Å². The zero-order chi connectivity index (χ0) is 11.4. The summed E-state index contributed by atoms with van der Waals surface area (Å²) in [6.07, 6.45) is 3.08. The van der Waals surface area contributed by atoms with Crippen LogP contribution in [0.2, 0.25) is 0 Å². The molecule has 0 saturated carbocycles. The van der Waals surface area contributed by atoms with Crippen LogP contribution in [0.5, 0.6) is 0 Å². The van der Waals surface area contributed by atoms with E-state index in [0.29, 0.717) is 18.3 Å². The van der Waals surface area contributed by atoms with Gasteiger partial charge in [0.2, 0.25) is 5.91 Å². The summed E-state index contributed by atoms with van der Waals surface area (Å²) < 4.78 is 0. The van der Waals surface area contributed by atoms with Crippen molar-refractivity contribution in [3.8, 4) is 0 Å². The van der Waals surface area contributed by atoms with E-state index in [1.807, 2.05) is 0 Å². The first-order chi connectivity index (χ1) is 7.74. The highest BCUT2D eigenvalue weighted by Crippen LogP contribution is 2.14. The zero-order valence-electron chi connectivity index (χ0n) is 10.2. The highest BCUT2D eigenvalue weighted by Gasteiger charge is 2.21. The molecule has 16 heavy (non-hydrogen) atoms. The van der Waals surface area contributed by atoms with Crippen LogP contribution in [0.25, 0.3) is 0 Å². The predicted octanol–water partition coefficient (Wildman–Crippen LogP) is 0.0539. The Kier molecular flexibility index (Phi) is 4.18. The average Bonchev–Trinajstić information content (AvgIpc) is 2.87. The summed E-state index contributed by atoms with van der Waals surface area (Å²) in [5.74, 6) is 1.46. The number of hydrogen-bond acceptors (Lipinski definition) is 3. The topological polar surface area (TPSA) is 44.4 Å². The molecule has 2 aliphatic rings. The lowest BCUT2D eigenvalue weighted by Gasteiger charge is -2.13. The molecule has 4 nitrogen and oxygen atoms in total. The van der Waals surface area contributed by atoms with E-state index in [1.165, 1.54) is 13.0 Å². The first-order valence-electron chi connectivity index (χ1n) is 6.40. The van der Waals surface area contributed by atoms with Gasteiger partial charge in [-0.1, -0.05) is 0 Å². The Morgan fingerprint density at radius 1 is 1.44 bits per heavy atom. The van der Waals surface area contributed by atoms with Gasteiger partial charge >= 0.3 is 0 Å². The molecule has 2 aliphatic heterocycles. The molecule has 2 N–H and O–H groups in total. The SMILES string of the molecule is CN1CCC(CNC(=O)CC2CCNC2)C1. The van der Waals surface area contributed by atoms with Crippen LogP contribution in [0.3, 0.4) is 0 Å². The second-order valence-electron chi connectivity index (χ2n) is 5.28. The Morgan fingerprint density at radius 2 is 2.31 bits per heavy atom. The van der Waals surface area contributed by atoms with Crippen molar-refractivity contribution in [1.29, 1.82) is 0 Å². The van der Waals surface area contributed by atoms with Crippen LogP contribution in [-0.4, -0.2) is 50.6 Å². The minimum absolute atomic E-state index is 0.239. The monoisotopic (exact) mass is 225 g/mol. The lowest BCUT2D eigenvalue weighted by molar-refractivity contribution is -0.122. The lowest BCUT2D eigenvalue weighted by Crippen LogP contribution is -2.31. The summed E-state index contributed by atoms with van der Waals surface area (Å²) in [4.78, 5) is 14.0. The predicted molar refractivity (Wildman–Crippen MR) is 64.2 cm³/mol. The van der Waals surface area contributed by atoms with Gasteiger partial charge in [0.05, 0.1) is 0 Å². The van der Waals surface area contributed by atoms with Gasteiger partial charge < -0.3 is 15.5 Å². The highest BCUT2D eigenvalue weighted by atomic mass is 16.1. The van der Waals surface area contributed by atoms with Crippen molar-refractivity contribution in [2.24, 2.45) is 11.8 Å². The van der Waals surface area contributed by atoms with Crippen LogP contribution in [0.4, 0.5) is 0 Å². The molecule has 1 amide bonds. The van der Waals surface area contributed by atoms with E-state index in [-0.39, 0.29) is 5.91 Å². The molecule has 0 aromatic heterocycles. The molecule has 0 aliphatic carbocycles. The molecule has 4 heteroatoms. The fourth-order valence-corrected chi connectivity index (χ4v) is 2.67. The van der Waals surface area contributed by atoms with Gasteiger partial charge in [0.25, 0.3) is 0 Å². The molecule has 2 saturated heterocycles. The van der Waals surface area contributed by atoms with E-state index >= 15 is 0 Å². The Bertz CT molecular complexity index is 238. The van der Waals surface area contributed by atoms with Gasteiger partial charge in [-0.15, -0.1) is 0 Å². The van der Waals surface area contributed by atoms with E-state index in [1.54, 1.807) is 0 Å².